The first-order chi connectivity index (χ1) is 8.83. The number of ether oxygens (including phenoxy) is 1. The molecule has 5 heteroatoms. The Bertz CT molecular complexity index is 462. The van der Waals surface area contributed by atoms with Crippen molar-refractivity contribution in [3.05, 3.63) is 16.4 Å². The molecular weight excluding hydrogens is 246 g/mol. The molecule has 18 heavy (non-hydrogen) atoms. The van der Waals surface area contributed by atoms with Gasteiger partial charge in [-0.2, -0.15) is 0 Å². The van der Waals surface area contributed by atoms with E-state index in [4.69, 9.17) is 17.0 Å². The lowest BCUT2D eigenvalue weighted by Crippen LogP contribution is -2.37. The zero-order valence-corrected chi connectivity index (χ0v) is 11.3. The van der Waals surface area contributed by atoms with Gasteiger partial charge in [0.05, 0.1) is 13.2 Å². The Kier molecular flexibility index (Phi) is 3.61. The van der Waals surface area contributed by atoms with Crippen molar-refractivity contribution in [1.29, 1.82) is 0 Å². The maximum atomic E-state index is 5.37. The van der Waals surface area contributed by atoms with Gasteiger partial charge < -0.3 is 14.6 Å². The lowest BCUT2D eigenvalue weighted by atomic mass is 10.0. The minimum Gasteiger partial charge on any atom is -0.378 e. The molecule has 3 rings (SSSR count). The first-order valence-electron chi connectivity index (χ1n) is 6.77. The molecule has 1 saturated carbocycles. The summed E-state index contributed by atoms with van der Waals surface area (Å²) in [7, 11) is 0. The molecule has 1 saturated heterocycles. The van der Waals surface area contributed by atoms with Crippen molar-refractivity contribution in [2.24, 2.45) is 0 Å². The average molecular weight is 265 g/mol. The molecule has 98 valence electrons. The molecule has 0 radical (unpaired) electrons. The standard InChI is InChI=1S/C13H19N3OS/c18-12-9-11(10-3-1-2-4-10)14-13(15-12)16-5-7-17-8-6-16/h9-10H,1-8H2,(H,14,15,18). The van der Waals surface area contributed by atoms with Gasteiger partial charge in [-0.1, -0.05) is 25.1 Å². The topological polar surface area (TPSA) is 41.2 Å². The first kappa shape index (κ1) is 12.1. The van der Waals surface area contributed by atoms with Gasteiger partial charge in [-0.25, -0.2) is 4.98 Å². The van der Waals surface area contributed by atoms with E-state index in [2.05, 4.69) is 14.9 Å². The average Bonchev–Trinajstić information content (AvgIpc) is 2.93. The summed E-state index contributed by atoms with van der Waals surface area (Å²) < 4.78 is 6.08. The van der Waals surface area contributed by atoms with Crippen LogP contribution in [0.4, 0.5) is 5.95 Å². The SMILES string of the molecule is S=c1cc(C2CCCC2)[nH]c(N2CCOCC2)n1. The van der Waals surface area contributed by atoms with Crippen molar-refractivity contribution in [3.63, 3.8) is 0 Å². The molecule has 1 aromatic heterocycles. The van der Waals surface area contributed by atoms with Crippen LogP contribution in [0.2, 0.25) is 0 Å². The summed E-state index contributed by atoms with van der Waals surface area (Å²) in [5, 5.41) is 0. The Balaban J connectivity index is 1.87. The Morgan fingerprint density at radius 2 is 2.00 bits per heavy atom. The Hall–Kier alpha value is -0.940. The maximum absolute atomic E-state index is 5.37. The van der Waals surface area contributed by atoms with Crippen molar-refractivity contribution in [2.45, 2.75) is 31.6 Å². The number of anilines is 1. The highest BCUT2D eigenvalue weighted by Gasteiger charge is 2.20. The molecule has 0 aromatic carbocycles. The summed E-state index contributed by atoms with van der Waals surface area (Å²) in [6, 6.07) is 2.04. The van der Waals surface area contributed by atoms with Gasteiger partial charge in [-0.15, -0.1) is 0 Å². The van der Waals surface area contributed by atoms with Crippen LogP contribution in [0, 0.1) is 4.64 Å². The van der Waals surface area contributed by atoms with Crippen molar-refractivity contribution in [2.75, 3.05) is 31.2 Å². The highest BCUT2D eigenvalue weighted by Crippen LogP contribution is 2.33. The predicted molar refractivity (Wildman–Crippen MR) is 73.7 cm³/mol. The molecule has 0 amide bonds. The van der Waals surface area contributed by atoms with Crippen LogP contribution in [0.5, 0.6) is 0 Å². The molecule has 2 aliphatic rings. The molecule has 2 fully saturated rings. The molecule has 0 unspecified atom stereocenters. The highest BCUT2D eigenvalue weighted by atomic mass is 32.1. The zero-order chi connectivity index (χ0) is 12.4. The highest BCUT2D eigenvalue weighted by molar-refractivity contribution is 7.71. The fraction of sp³-hybridized carbons (Fsp3) is 0.692. The monoisotopic (exact) mass is 265 g/mol. The van der Waals surface area contributed by atoms with Crippen LogP contribution in [-0.2, 0) is 4.74 Å². The number of nitrogens with zero attached hydrogens (tertiary/aromatic N) is 2. The molecule has 1 aliphatic carbocycles. The van der Waals surface area contributed by atoms with E-state index in [0.717, 1.165) is 32.3 Å². The van der Waals surface area contributed by atoms with Crippen molar-refractivity contribution in [1.82, 2.24) is 9.97 Å². The van der Waals surface area contributed by atoms with Crippen molar-refractivity contribution >= 4 is 18.2 Å². The number of nitrogens with one attached hydrogen (secondary N) is 1. The Morgan fingerprint density at radius 1 is 1.28 bits per heavy atom. The first-order valence-corrected chi connectivity index (χ1v) is 7.18. The van der Waals surface area contributed by atoms with E-state index in [9.17, 15) is 0 Å². The fourth-order valence-corrected chi connectivity index (χ4v) is 3.06. The molecular formula is C13H19N3OS. The number of aromatic nitrogens is 2. The number of H-pyrrole nitrogens is 1. The largest absolute Gasteiger partial charge is 0.378 e. The van der Waals surface area contributed by atoms with Crippen LogP contribution in [0.15, 0.2) is 6.07 Å². The zero-order valence-electron chi connectivity index (χ0n) is 10.5. The van der Waals surface area contributed by atoms with Gasteiger partial charge in [0.15, 0.2) is 0 Å². The van der Waals surface area contributed by atoms with Crippen molar-refractivity contribution in [3.8, 4) is 0 Å². The predicted octanol–water partition coefficient (Wildman–Crippen LogP) is 2.63. The summed E-state index contributed by atoms with van der Waals surface area (Å²) in [6.07, 6.45) is 5.22. The van der Waals surface area contributed by atoms with Gasteiger partial charge in [0.1, 0.15) is 4.64 Å². The Labute approximate surface area is 112 Å². The number of rotatable bonds is 2. The van der Waals surface area contributed by atoms with E-state index in [-0.39, 0.29) is 0 Å². The summed E-state index contributed by atoms with van der Waals surface area (Å²) in [6.45, 7) is 3.34. The summed E-state index contributed by atoms with van der Waals surface area (Å²) in [5.41, 5.74) is 1.27. The van der Waals surface area contributed by atoms with E-state index in [1.165, 1.54) is 31.4 Å². The molecule has 1 N–H and O–H groups in total. The quantitative estimate of drug-likeness (QED) is 0.835. The summed E-state index contributed by atoms with van der Waals surface area (Å²) >= 11 is 5.30. The minimum atomic E-state index is 0.648. The maximum Gasteiger partial charge on any atom is 0.204 e. The number of aromatic amines is 1. The molecule has 0 spiro atoms. The third kappa shape index (κ3) is 2.57. The smallest absolute Gasteiger partial charge is 0.204 e. The van der Waals surface area contributed by atoms with Crippen LogP contribution in [0.25, 0.3) is 0 Å². The van der Waals surface area contributed by atoms with Crippen LogP contribution in [0.3, 0.4) is 0 Å². The minimum absolute atomic E-state index is 0.648. The molecule has 0 bridgehead atoms. The van der Waals surface area contributed by atoms with E-state index in [1.807, 2.05) is 6.07 Å². The van der Waals surface area contributed by atoms with E-state index in [0.29, 0.717) is 10.6 Å². The molecule has 0 atom stereocenters. The molecule has 2 heterocycles. The van der Waals surface area contributed by atoms with Crippen LogP contribution >= 0.6 is 12.2 Å². The fourth-order valence-electron chi connectivity index (χ4n) is 2.84. The van der Waals surface area contributed by atoms with E-state index < -0.39 is 0 Å². The molecule has 4 nitrogen and oxygen atoms in total. The second-order valence-electron chi connectivity index (χ2n) is 5.08. The molecule has 1 aliphatic heterocycles. The van der Waals surface area contributed by atoms with Crippen LogP contribution in [0.1, 0.15) is 37.3 Å². The summed E-state index contributed by atoms with van der Waals surface area (Å²) in [5.74, 6) is 1.57. The lowest BCUT2D eigenvalue weighted by molar-refractivity contribution is 0.122. The lowest BCUT2D eigenvalue weighted by Gasteiger charge is -2.28. The number of hydrogen-bond acceptors (Lipinski definition) is 4. The van der Waals surface area contributed by atoms with Gasteiger partial charge in [0.25, 0.3) is 0 Å². The van der Waals surface area contributed by atoms with Gasteiger partial charge in [0, 0.05) is 18.8 Å². The van der Waals surface area contributed by atoms with Gasteiger partial charge in [0.2, 0.25) is 5.95 Å². The van der Waals surface area contributed by atoms with E-state index >= 15 is 0 Å². The van der Waals surface area contributed by atoms with Crippen LogP contribution < -0.4 is 4.90 Å². The summed E-state index contributed by atoms with van der Waals surface area (Å²) in [4.78, 5) is 10.2. The molecule has 1 aromatic rings. The second-order valence-corrected chi connectivity index (χ2v) is 5.50. The third-order valence-corrected chi connectivity index (χ3v) is 4.07. The number of hydrogen-bond donors (Lipinski definition) is 1. The van der Waals surface area contributed by atoms with Gasteiger partial charge in [-0.3, -0.25) is 0 Å². The van der Waals surface area contributed by atoms with Crippen LogP contribution in [-0.4, -0.2) is 36.3 Å². The van der Waals surface area contributed by atoms with Gasteiger partial charge >= 0.3 is 0 Å². The Morgan fingerprint density at radius 3 is 2.72 bits per heavy atom. The van der Waals surface area contributed by atoms with Gasteiger partial charge in [-0.05, 0) is 24.8 Å². The number of morpholine rings is 1. The second kappa shape index (κ2) is 5.36. The third-order valence-electron chi connectivity index (χ3n) is 3.86. The van der Waals surface area contributed by atoms with Crippen molar-refractivity contribution < 1.29 is 4.74 Å². The normalized spacial score (nSPS) is 21.4. The van der Waals surface area contributed by atoms with E-state index in [1.54, 1.807) is 0 Å².